The Hall–Kier alpha value is -2.82. The minimum absolute atomic E-state index is 0.0441. The van der Waals surface area contributed by atoms with Crippen LogP contribution in [-0.2, 0) is 20.7 Å². The number of pyridine rings is 1. The number of alkyl halides is 1. The first kappa shape index (κ1) is 39.4. The van der Waals surface area contributed by atoms with Gasteiger partial charge in [-0.1, -0.05) is 102 Å². The van der Waals surface area contributed by atoms with E-state index in [-0.39, 0.29) is 11.8 Å². The SMILES string of the molecule is O=C(C/C=C/c1ccc(CCN2CCCC2)nc1)NCCOCCNC(=O)CCC/C=C\C/C=C\C/C=C\C/C=C\C/C=C\CI. The number of carbonyl (C=O) groups excluding carboxylic acids is 2. The molecule has 0 aromatic carbocycles. The van der Waals surface area contributed by atoms with Crippen LogP contribution in [0.2, 0.25) is 0 Å². The lowest BCUT2D eigenvalue weighted by Gasteiger charge is -2.13. The van der Waals surface area contributed by atoms with Gasteiger partial charge in [-0.15, -0.1) is 0 Å². The summed E-state index contributed by atoms with van der Waals surface area (Å²) in [5, 5.41) is 5.74. The molecule has 0 unspecified atom stereocenters. The first-order valence-electron chi connectivity index (χ1n) is 16.9. The number of halogens is 1. The van der Waals surface area contributed by atoms with Crippen LogP contribution in [-0.4, -0.2) is 72.1 Å². The van der Waals surface area contributed by atoms with E-state index in [1.54, 1.807) is 0 Å². The van der Waals surface area contributed by atoms with Gasteiger partial charge < -0.3 is 20.3 Å². The molecule has 7 nitrogen and oxygen atoms in total. The lowest BCUT2D eigenvalue weighted by atomic mass is 10.2. The van der Waals surface area contributed by atoms with E-state index in [0.717, 1.165) is 67.2 Å². The number of nitrogens with zero attached hydrogens (tertiary/aromatic N) is 2. The monoisotopic (exact) mass is 742 g/mol. The van der Waals surface area contributed by atoms with E-state index in [4.69, 9.17) is 4.74 Å². The summed E-state index contributed by atoms with van der Waals surface area (Å²) in [7, 11) is 0. The zero-order valence-corrected chi connectivity index (χ0v) is 29.7. The number of amides is 2. The lowest BCUT2D eigenvalue weighted by molar-refractivity contribution is -0.121. The Bertz CT molecular complexity index is 1120. The molecule has 46 heavy (non-hydrogen) atoms. The number of likely N-dealkylation sites (tertiary alicyclic amines) is 1. The quantitative estimate of drug-likeness (QED) is 0.0475. The second-order valence-corrected chi connectivity index (χ2v) is 12.0. The minimum Gasteiger partial charge on any atom is -0.378 e. The summed E-state index contributed by atoms with van der Waals surface area (Å²) in [4.78, 5) is 31.1. The molecular formula is C38H55IN4O3. The molecule has 1 aliphatic heterocycles. The smallest absolute Gasteiger partial charge is 0.223 e. The minimum atomic E-state index is -0.0457. The van der Waals surface area contributed by atoms with Gasteiger partial charge in [-0.3, -0.25) is 14.6 Å². The molecule has 0 aliphatic carbocycles. The predicted octanol–water partition coefficient (Wildman–Crippen LogP) is 7.32. The fourth-order valence-electron chi connectivity index (χ4n) is 4.70. The van der Waals surface area contributed by atoms with Crippen LogP contribution in [0.1, 0.15) is 75.5 Å². The molecule has 252 valence electrons. The molecule has 1 aromatic rings. The zero-order chi connectivity index (χ0) is 32.8. The van der Waals surface area contributed by atoms with E-state index in [2.05, 4.69) is 116 Å². The Labute approximate surface area is 291 Å². The van der Waals surface area contributed by atoms with Crippen molar-refractivity contribution in [3.8, 4) is 0 Å². The third-order valence-corrected chi connectivity index (χ3v) is 7.78. The highest BCUT2D eigenvalue weighted by Gasteiger charge is 2.11. The van der Waals surface area contributed by atoms with Crippen LogP contribution in [0.15, 0.2) is 85.2 Å². The normalized spacial score (nSPS) is 14.4. The van der Waals surface area contributed by atoms with Gasteiger partial charge in [-0.05, 0) is 76.1 Å². The molecule has 2 heterocycles. The molecule has 2 amide bonds. The molecule has 0 atom stereocenters. The van der Waals surface area contributed by atoms with Crippen LogP contribution in [0.5, 0.6) is 0 Å². The molecule has 8 heteroatoms. The Morgan fingerprint density at radius 3 is 2.02 bits per heavy atom. The van der Waals surface area contributed by atoms with Crippen molar-refractivity contribution in [1.29, 1.82) is 0 Å². The second-order valence-electron chi connectivity index (χ2n) is 11.1. The Balaban J connectivity index is 1.36. The van der Waals surface area contributed by atoms with Crippen molar-refractivity contribution >= 4 is 40.5 Å². The Morgan fingerprint density at radius 2 is 1.41 bits per heavy atom. The van der Waals surface area contributed by atoms with Gasteiger partial charge >= 0.3 is 0 Å². The van der Waals surface area contributed by atoms with Crippen molar-refractivity contribution in [3.63, 3.8) is 0 Å². The van der Waals surface area contributed by atoms with Crippen LogP contribution in [0.4, 0.5) is 0 Å². The van der Waals surface area contributed by atoms with Crippen LogP contribution in [0.3, 0.4) is 0 Å². The third kappa shape index (κ3) is 22.6. The summed E-state index contributed by atoms with van der Waals surface area (Å²) >= 11 is 2.34. The average molecular weight is 743 g/mol. The van der Waals surface area contributed by atoms with Crippen LogP contribution < -0.4 is 10.6 Å². The van der Waals surface area contributed by atoms with Crippen LogP contribution in [0.25, 0.3) is 6.08 Å². The van der Waals surface area contributed by atoms with Crippen molar-refractivity contribution in [2.75, 3.05) is 50.4 Å². The number of ether oxygens (including phenoxy) is 1. The molecule has 2 rings (SSSR count). The Morgan fingerprint density at radius 1 is 0.804 bits per heavy atom. The molecule has 0 bridgehead atoms. The summed E-state index contributed by atoms with van der Waals surface area (Å²) in [5.41, 5.74) is 2.11. The van der Waals surface area contributed by atoms with E-state index in [0.29, 0.717) is 39.1 Å². The average Bonchev–Trinajstić information content (AvgIpc) is 3.59. The number of rotatable bonds is 25. The van der Waals surface area contributed by atoms with Crippen molar-refractivity contribution < 1.29 is 14.3 Å². The van der Waals surface area contributed by atoms with Crippen molar-refractivity contribution in [3.05, 3.63) is 96.4 Å². The summed E-state index contributed by atoms with van der Waals surface area (Å²) in [6.07, 6.45) is 37.5. The molecule has 0 radical (unpaired) electrons. The largest absolute Gasteiger partial charge is 0.378 e. The van der Waals surface area contributed by atoms with Gasteiger partial charge in [-0.25, -0.2) is 0 Å². The molecule has 1 aromatic heterocycles. The lowest BCUT2D eigenvalue weighted by Crippen LogP contribution is -2.29. The summed E-state index contributed by atoms with van der Waals surface area (Å²) < 4.78 is 6.59. The van der Waals surface area contributed by atoms with Gasteiger partial charge in [0.2, 0.25) is 11.8 Å². The van der Waals surface area contributed by atoms with E-state index in [1.807, 2.05) is 18.3 Å². The van der Waals surface area contributed by atoms with Gasteiger partial charge in [-0.2, -0.15) is 0 Å². The highest BCUT2D eigenvalue weighted by Crippen LogP contribution is 2.09. The van der Waals surface area contributed by atoms with E-state index in [1.165, 1.54) is 25.9 Å². The van der Waals surface area contributed by atoms with Gasteiger partial charge in [0.1, 0.15) is 0 Å². The predicted molar refractivity (Wildman–Crippen MR) is 201 cm³/mol. The maximum atomic E-state index is 12.1. The van der Waals surface area contributed by atoms with Gasteiger partial charge in [0, 0.05) is 55.2 Å². The number of carbonyl (C=O) groups is 2. The highest BCUT2D eigenvalue weighted by atomic mass is 127. The number of hydrogen-bond acceptors (Lipinski definition) is 5. The standard InChI is InChI=1S/C38H55IN4O3/c39-26-16-14-12-10-8-6-4-2-1-3-5-7-9-11-13-15-21-37(44)40-27-32-46-33-28-41-38(45)22-19-20-35-23-24-36(42-34-35)25-31-43-29-17-18-30-43/h2-5,8-11,14,16,19-20,23-24,34H,1,6-7,12-13,15,17-18,21-22,25-33H2,(H,40,44)(H,41,45)/b4-2-,5-3-,10-8-,11-9-,16-14-,20-19+. The second kappa shape index (κ2) is 28.4. The molecule has 0 saturated carbocycles. The third-order valence-electron chi connectivity index (χ3n) is 7.27. The topological polar surface area (TPSA) is 83.6 Å². The number of aromatic nitrogens is 1. The number of allylic oxidation sites excluding steroid dienone is 10. The fourth-order valence-corrected chi connectivity index (χ4v) is 5.06. The maximum Gasteiger partial charge on any atom is 0.223 e. The highest BCUT2D eigenvalue weighted by molar-refractivity contribution is 14.1. The first-order chi connectivity index (χ1) is 22.7. The first-order valence-corrected chi connectivity index (χ1v) is 18.5. The summed E-state index contributed by atoms with van der Waals surface area (Å²) in [6.45, 7) is 5.26. The molecular weight excluding hydrogens is 687 g/mol. The van der Waals surface area contributed by atoms with E-state index < -0.39 is 0 Å². The van der Waals surface area contributed by atoms with Crippen LogP contribution in [0, 0.1) is 0 Å². The van der Waals surface area contributed by atoms with Gasteiger partial charge in [0.25, 0.3) is 0 Å². The number of nitrogens with one attached hydrogen (secondary N) is 2. The van der Waals surface area contributed by atoms with Crippen molar-refractivity contribution in [1.82, 2.24) is 20.5 Å². The summed E-state index contributed by atoms with van der Waals surface area (Å²) in [6, 6.07) is 4.13. The molecule has 1 aliphatic rings. The fraction of sp³-hybridized carbons (Fsp3) is 0.500. The number of hydrogen-bond donors (Lipinski definition) is 2. The Kier molecular flexibility index (Phi) is 24.3. The van der Waals surface area contributed by atoms with E-state index in [9.17, 15) is 9.59 Å². The molecule has 1 fully saturated rings. The maximum absolute atomic E-state index is 12.1. The van der Waals surface area contributed by atoms with Gasteiger partial charge in [0.05, 0.1) is 13.2 Å². The summed E-state index contributed by atoms with van der Waals surface area (Å²) in [5.74, 6) is -0.00155. The molecule has 0 spiro atoms. The van der Waals surface area contributed by atoms with Crippen molar-refractivity contribution in [2.24, 2.45) is 0 Å². The van der Waals surface area contributed by atoms with Crippen LogP contribution >= 0.6 is 22.6 Å². The van der Waals surface area contributed by atoms with Gasteiger partial charge in [0.15, 0.2) is 0 Å². The van der Waals surface area contributed by atoms with E-state index >= 15 is 0 Å². The molecule has 2 N–H and O–H groups in total. The van der Waals surface area contributed by atoms with Crippen molar-refractivity contribution in [2.45, 2.75) is 70.6 Å². The number of unbranched alkanes of at least 4 members (excludes halogenated alkanes) is 1. The zero-order valence-electron chi connectivity index (χ0n) is 27.6. The molecule has 1 saturated heterocycles.